The maximum atomic E-state index is 9.80. The lowest BCUT2D eigenvalue weighted by Crippen LogP contribution is -2.27. The second-order valence-electron chi connectivity index (χ2n) is 3.56. The highest BCUT2D eigenvalue weighted by molar-refractivity contribution is 5.36. The van der Waals surface area contributed by atoms with Gasteiger partial charge in [-0.3, -0.25) is 0 Å². The number of phenolic OH excluding ortho intramolecular Hbond substituents is 1. The van der Waals surface area contributed by atoms with E-state index in [0.717, 1.165) is 17.5 Å². The Hall–Kier alpha value is -1.06. The van der Waals surface area contributed by atoms with Gasteiger partial charge >= 0.3 is 0 Å². The van der Waals surface area contributed by atoms with Gasteiger partial charge in [-0.2, -0.15) is 0 Å². The van der Waals surface area contributed by atoms with Gasteiger partial charge in [0.2, 0.25) is 0 Å². The smallest absolute Gasteiger partial charge is 0.118 e. The number of phenols is 1. The fraction of sp³-hybridized carbons (Fsp3) is 0.455. The van der Waals surface area contributed by atoms with Crippen molar-refractivity contribution < 1.29 is 10.2 Å². The molecule has 1 aromatic carbocycles. The SMILES string of the molecule is CC[C@@H](N)[C@@H](O)c1ccc(O)c(C)c1. The summed E-state index contributed by atoms with van der Waals surface area (Å²) in [5.41, 5.74) is 7.24. The van der Waals surface area contributed by atoms with E-state index in [1.165, 1.54) is 0 Å². The molecule has 0 aromatic heterocycles. The third-order valence-corrected chi connectivity index (χ3v) is 2.44. The van der Waals surface area contributed by atoms with Gasteiger partial charge in [-0.15, -0.1) is 0 Å². The molecule has 78 valence electrons. The van der Waals surface area contributed by atoms with Crippen molar-refractivity contribution in [3.63, 3.8) is 0 Å². The van der Waals surface area contributed by atoms with E-state index in [1.54, 1.807) is 25.1 Å². The number of aromatic hydroxyl groups is 1. The predicted octanol–water partition coefficient (Wildman–Crippen LogP) is 1.47. The summed E-state index contributed by atoms with van der Waals surface area (Å²) in [5.74, 6) is 0.242. The summed E-state index contributed by atoms with van der Waals surface area (Å²) in [6.07, 6.45) is 0.0699. The predicted molar refractivity (Wildman–Crippen MR) is 56.1 cm³/mol. The van der Waals surface area contributed by atoms with Crippen molar-refractivity contribution >= 4 is 0 Å². The van der Waals surface area contributed by atoms with Crippen LogP contribution in [0.2, 0.25) is 0 Å². The van der Waals surface area contributed by atoms with E-state index < -0.39 is 6.10 Å². The molecule has 0 spiro atoms. The Labute approximate surface area is 84.2 Å². The van der Waals surface area contributed by atoms with Crippen LogP contribution >= 0.6 is 0 Å². The third-order valence-electron chi connectivity index (χ3n) is 2.44. The molecule has 1 aromatic rings. The van der Waals surface area contributed by atoms with Gasteiger partial charge in [-0.1, -0.05) is 13.0 Å². The summed E-state index contributed by atoms with van der Waals surface area (Å²) in [6, 6.07) is 4.79. The second-order valence-corrected chi connectivity index (χ2v) is 3.56. The molecule has 0 aliphatic carbocycles. The van der Waals surface area contributed by atoms with Crippen LogP contribution in [0, 0.1) is 6.92 Å². The first-order valence-corrected chi connectivity index (χ1v) is 4.79. The standard InChI is InChI=1S/C11H17NO2/c1-3-9(12)11(14)8-4-5-10(13)7(2)6-8/h4-6,9,11,13-14H,3,12H2,1-2H3/t9-,11+/m1/s1. The van der Waals surface area contributed by atoms with Crippen LogP contribution in [0.4, 0.5) is 0 Å². The number of aliphatic hydroxyl groups is 1. The van der Waals surface area contributed by atoms with E-state index in [-0.39, 0.29) is 11.8 Å². The van der Waals surface area contributed by atoms with E-state index in [2.05, 4.69) is 0 Å². The molecule has 3 heteroatoms. The van der Waals surface area contributed by atoms with Crippen molar-refractivity contribution in [1.82, 2.24) is 0 Å². The van der Waals surface area contributed by atoms with Crippen LogP contribution in [0.5, 0.6) is 5.75 Å². The highest BCUT2D eigenvalue weighted by Crippen LogP contribution is 2.23. The maximum absolute atomic E-state index is 9.80. The molecule has 0 unspecified atom stereocenters. The van der Waals surface area contributed by atoms with Gasteiger partial charge in [0.25, 0.3) is 0 Å². The summed E-state index contributed by atoms with van der Waals surface area (Å²) in [5, 5.41) is 19.1. The molecule has 0 bridgehead atoms. The zero-order chi connectivity index (χ0) is 10.7. The molecule has 2 atom stereocenters. The van der Waals surface area contributed by atoms with Crippen molar-refractivity contribution in [2.75, 3.05) is 0 Å². The minimum absolute atomic E-state index is 0.242. The van der Waals surface area contributed by atoms with E-state index >= 15 is 0 Å². The summed E-state index contributed by atoms with van der Waals surface area (Å²) < 4.78 is 0. The number of rotatable bonds is 3. The van der Waals surface area contributed by atoms with Crippen LogP contribution in [0.3, 0.4) is 0 Å². The average molecular weight is 195 g/mol. The zero-order valence-electron chi connectivity index (χ0n) is 8.57. The minimum atomic E-state index is -0.653. The van der Waals surface area contributed by atoms with Crippen molar-refractivity contribution in [2.24, 2.45) is 5.73 Å². The number of aryl methyl sites for hydroxylation is 1. The number of benzene rings is 1. The molecular formula is C11H17NO2. The molecular weight excluding hydrogens is 178 g/mol. The summed E-state index contributed by atoms with van der Waals surface area (Å²) in [7, 11) is 0. The normalized spacial score (nSPS) is 15.1. The topological polar surface area (TPSA) is 66.5 Å². The largest absolute Gasteiger partial charge is 0.508 e. The third kappa shape index (κ3) is 2.25. The Morgan fingerprint density at radius 2 is 2.07 bits per heavy atom. The molecule has 0 aliphatic heterocycles. The van der Waals surface area contributed by atoms with Gasteiger partial charge in [-0.25, -0.2) is 0 Å². The molecule has 0 fully saturated rings. The molecule has 0 saturated heterocycles. The highest BCUT2D eigenvalue weighted by atomic mass is 16.3. The van der Waals surface area contributed by atoms with Crippen molar-refractivity contribution in [1.29, 1.82) is 0 Å². The van der Waals surface area contributed by atoms with Gasteiger partial charge in [0, 0.05) is 6.04 Å². The Bertz CT molecular complexity index is 312. The average Bonchev–Trinajstić information content (AvgIpc) is 2.20. The first-order valence-electron chi connectivity index (χ1n) is 4.79. The Balaban J connectivity index is 2.91. The van der Waals surface area contributed by atoms with Gasteiger partial charge in [0.15, 0.2) is 0 Å². The Kier molecular flexibility index (Phi) is 3.49. The quantitative estimate of drug-likeness (QED) is 0.684. The molecule has 0 heterocycles. The first kappa shape index (κ1) is 11.0. The lowest BCUT2D eigenvalue weighted by Gasteiger charge is -2.18. The number of hydrogen-bond acceptors (Lipinski definition) is 3. The first-order chi connectivity index (χ1) is 6.56. The molecule has 1 rings (SSSR count). The fourth-order valence-electron chi connectivity index (χ4n) is 1.33. The van der Waals surface area contributed by atoms with Crippen molar-refractivity contribution in [2.45, 2.75) is 32.4 Å². The molecule has 0 radical (unpaired) electrons. The Morgan fingerprint density at radius 3 is 2.57 bits per heavy atom. The lowest BCUT2D eigenvalue weighted by atomic mass is 9.99. The van der Waals surface area contributed by atoms with Crippen LogP contribution in [-0.2, 0) is 0 Å². The Morgan fingerprint density at radius 1 is 1.43 bits per heavy atom. The van der Waals surface area contributed by atoms with Gasteiger partial charge in [-0.05, 0) is 36.6 Å². The van der Waals surface area contributed by atoms with Crippen molar-refractivity contribution in [3.8, 4) is 5.75 Å². The number of nitrogens with two attached hydrogens (primary N) is 1. The van der Waals surface area contributed by atoms with E-state index in [4.69, 9.17) is 5.73 Å². The van der Waals surface area contributed by atoms with E-state index in [1.807, 2.05) is 6.92 Å². The van der Waals surface area contributed by atoms with E-state index in [0.29, 0.717) is 0 Å². The van der Waals surface area contributed by atoms with Gasteiger partial charge in [0.1, 0.15) is 5.75 Å². The maximum Gasteiger partial charge on any atom is 0.118 e. The minimum Gasteiger partial charge on any atom is -0.508 e. The fourth-order valence-corrected chi connectivity index (χ4v) is 1.33. The number of aliphatic hydroxyl groups excluding tert-OH is 1. The van der Waals surface area contributed by atoms with E-state index in [9.17, 15) is 10.2 Å². The second kappa shape index (κ2) is 4.44. The summed E-state index contributed by atoms with van der Waals surface area (Å²) >= 11 is 0. The van der Waals surface area contributed by atoms with Crippen LogP contribution in [-0.4, -0.2) is 16.3 Å². The zero-order valence-corrected chi connectivity index (χ0v) is 8.57. The molecule has 0 amide bonds. The van der Waals surface area contributed by atoms with Crippen molar-refractivity contribution in [3.05, 3.63) is 29.3 Å². The monoisotopic (exact) mass is 195 g/mol. The number of hydrogen-bond donors (Lipinski definition) is 3. The van der Waals surface area contributed by atoms with Gasteiger partial charge in [0.05, 0.1) is 6.10 Å². The summed E-state index contributed by atoms with van der Waals surface area (Å²) in [6.45, 7) is 3.73. The highest BCUT2D eigenvalue weighted by Gasteiger charge is 2.15. The summed E-state index contributed by atoms with van der Waals surface area (Å²) in [4.78, 5) is 0. The van der Waals surface area contributed by atoms with Crippen LogP contribution in [0.15, 0.2) is 18.2 Å². The van der Waals surface area contributed by atoms with Crippen LogP contribution in [0.1, 0.15) is 30.6 Å². The molecule has 3 nitrogen and oxygen atoms in total. The molecule has 0 saturated carbocycles. The molecule has 4 N–H and O–H groups in total. The lowest BCUT2D eigenvalue weighted by molar-refractivity contribution is 0.144. The van der Waals surface area contributed by atoms with Crippen LogP contribution < -0.4 is 5.73 Å². The molecule has 14 heavy (non-hydrogen) atoms. The molecule has 0 aliphatic rings. The van der Waals surface area contributed by atoms with Crippen LogP contribution in [0.25, 0.3) is 0 Å². The van der Waals surface area contributed by atoms with Gasteiger partial charge < -0.3 is 15.9 Å².